The van der Waals surface area contributed by atoms with E-state index in [1.807, 2.05) is 61.5 Å². The van der Waals surface area contributed by atoms with Gasteiger partial charge in [-0.2, -0.15) is 5.06 Å². The van der Waals surface area contributed by atoms with Crippen LogP contribution in [0.25, 0.3) is 0 Å². The number of para-hydroxylation sites is 1. The minimum Gasteiger partial charge on any atom is -0.444 e. The molecule has 2 aromatic carbocycles. The lowest BCUT2D eigenvalue weighted by molar-refractivity contribution is -0.130. The molecule has 1 aliphatic rings. The van der Waals surface area contributed by atoms with Gasteiger partial charge >= 0.3 is 6.09 Å². The molecule has 0 bridgehead atoms. The predicted octanol–water partition coefficient (Wildman–Crippen LogP) is 4.16. The fourth-order valence-electron chi connectivity index (χ4n) is 3.16. The first-order valence-corrected chi connectivity index (χ1v) is 9.35. The van der Waals surface area contributed by atoms with E-state index in [2.05, 4.69) is 5.32 Å². The van der Waals surface area contributed by atoms with Gasteiger partial charge < -0.3 is 10.1 Å². The second kappa shape index (κ2) is 8.02. The quantitative estimate of drug-likeness (QED) is 0.862. The number of hydrogen-bond donors (Lipinski definition) is 1. The molecule has 1 aliphatic heterocycles. The summed E-state index contributed by atoms with van der Waals surface area (Å²) in [5, 5.41) is 3.99. The van der Waals surface area contributed by atoms with Gasteiger partial charge in [-0.25, -0.2) is 4.79 Å². The molecule has 0 radical (unpaired) electrons. The van der Waals surface area contributed by atoms with Crippen molar-refractivity contribution in [3.8, 4) is 0 Å². The Labute approximate surface area is 165 Å². The summed E-state index contributed by atoms with van der Waals surface area (Å²) in [6.07, 6.45) is -0.625. The molecule has 6 nitrogen and oxygen atoms in total. The molecule has 0 aromatic heterocycles. The number of hydrogen-bond acceptors (Lipinski definition) is 4. The molecule has 3 rings (SSSR count). The van der Waals surface area contributed by atoms with Gasteiger partial charge in [0.1, 0.15) is 18.2 Å². The number of ether oxygens (including phenoxy) is 1. The Morgan fingerprint density at radius 3 is 2.39 bits per heavy atom. The lowest BCUT2D eigenvalue weighted by atomic mass is 9.88. The Morgan fingerprint density at radius 2 is 1.71 bits per heavy atom. The molecule has 6 heteroatoms. The summed E-state index contributed by atoms with van der Waals surface area (Å²) in [5.41, 5.74) is 1.92. The van der Waals surface area contributed by atoms with Gasteiger partial charge in [-0.15, -0.1) is 0 Å². The molecule has 2 atom stereocenters. The van der Waals surface area contributed by atoms with E-state index in [9.17, 15) is 9.59 Å². The van der Waals surface area contributed by atoms with Crippen LogP contribution in [0.4, 0.5) is 10.5 Å². The lowest BCUT2D eigenvalue weighted by Crippen LogP contribution is -2.55. The first-order valence-electron chi connectivity index (χ1n) is 9.35. The summed E-state index contributed by atoms with van der Waals surface area (Å²) in [5.74, 6) is -0.541. The van der Waals surface area contributed by atoms with Crippen LogP contribution in [0.3, 0.4) is 0 Å². The van der Waals surface area contributed by atoms with Crippen LogP contribution in [0.1, 0.15) is 44.7 Å². The van der Waals surface area contributed by atoms with Gasteiger partial charge in [-0.1, -0.05) is 55.5 Å². The maximum Gasteiger partial charge on any atom is 0.408 e. The van der Waals surface area contributed by atoms with Gasteiger partial charge in [0.15, 0.2) is 0 Å². The Morgan fingerprint density at radius 1 is 1.07 bits per heavy atom. The molecule has 0 aliphatic carbocycles. The highest BCUT2D eigenvalue weighted by Crippen LogP contribution is 2.36. The third kappa shape index (κ3) is 4.51. The van der Waals surface area contributed by atoms with E-state index in [0.29, 0.717) is 5.69 Å². The zero-order valence-corrected chi connectivity index (χ0v) is 16.6. The van der Waals surface area contributed by atoms with Crippen LogP contribution in [0.5, 0.6) is 0 Å². The molecule has 2 aromatic rings. The topological polar surface area (TPSA) is 67.9 Å². The number of amides is 2. The average Bonchev–Trinajstić information content (AvgIpc) is 2.64. The number of anilines is 1. The third-order valence-corrected chi connectivity index (χ3v) is 4.49. The van der Waals surface area contributed by atoms with Gasteiger partial charge in [-0.3, -0.25) is 9.63 Å². The number of nitrogens with one attached hydrogen (secondary N) is 1. The Bertz CT molecular complexity index is 845. The van der Waals surface area contributed by atoms with E-state index >= 15 is 0 Å². The zero-order chi connectivity index (χ0) is 20.3. The van der Waals surface area contributed by atoms with Crippen molar-refractivity contribution in [1.29, 1.82) is 0 Å². The molecule has 0 spiro atoms. The summed E-state index contributed by atoms with van der Waals surface area (Å²) in [6.45, 7) is 7.50. The van der Waals surface area contributed by atoms with Crippen LogP contribution in [0.15, 0.2) is 54.6 Å². The number of carbonyl (C=O) groups excluding carboxylic acids is 2. The van der Waals surface area contributed by atoms with E-state index < -0.39 is 17.7 Å². The smallest absolute Gasteiger partial charge is 0.408 e. The van der Waals surface area contributed by atoms with E-state index in [1.165, 1.54) is 5.06 Å². The van der Waals surface area contributed by atoms with Gasteiger partial charge in [0.25, 0.3) is 5.91 Å². The molecule has 2 amide bonds. The molecule has 148 valence electrons. The Balaban J connectivity index is 1.83. The molecule has 0 fully saturated rings. The van der Waals surface area contributed by atoms with Crippen molar-refractivity contribution in [3.05, 3.63) is 65.7 Å². The van der Waals surface area contributed by atoms with Crippen molar-refractivity contribution >= 4 is 17.7 Å². The van der Waals surface area contributed by atoms with Crippen molar-refractivity contribution in [2.75, 3.05) is 5.06 Å². The normalized spacial score (nSPS) is 19.1. The van der Waals surface area contributed by atoms with Crippen molar-refractivity contribution < 1.29 is 19.2 Å². The van der Waals surface area contributed by atoms with Gasteiger partial charge in [0.05, 0.1) is 5.69 Å². The van der Waals surface area contributed by atoms with Crippen molar-refractivity contribution in [3.63, 3.8) is 0 Å². The zero-order valence-electron chi connectivity index (χ0n) is 16.6. The molecular weight excluding hydrogens is 356 g/mol. The summed E-state index contributed by atoms with van der Waals surface area (Å²) in [6, 6.07) is 16.4. The van der Waals surface area contributed by atoms with E-state index in [1.54, 1.807) is 20.8 Å². The maximum absolute atomic E-state index is 13.2. The highest BCUT2D eigenvalue weighted by Gasteiger charge is 2.40. The molecule has 0 saturated carbocycles. The van der Waals surface area contributed by atoms with Crippen molar-refractivity contribution in [2.45, 2.75) is 51.9 Å². The monoisotopic (exact) mass is 382 g/mol. The second-order valence-electron chi connectivity index (χ2n) is 7.86. The summed E-state index contributed by atoms with van der Waals surface area (Å²) in [7, 11) is 0. The summed E-state index contributed by atoms with van der Waals surface area (Å²) >= 11 is 0. The number of rotatable bonds is 4. The lowest BCUT2D eigenvalue weighted by Gasteiger charge is -2.37. The summed E-state index contributed by atoms with van der Waals surface area (Å²) < 4.78 is 5.33. The fourth-order valence-corrected chi connectivity index (χ4v) is 3.16. The number of fused-ring (bicyclic) bond motifs is 1. The minimum absolute atomic E-state index is 0.215. The highest BCUT2D eigenvalue weighted by atomic mass is 16.7. The fraction of sp³-hybridized carbons (Fsp3) is 0.364. The van der Waals surface area contributed by atoms with E-state index in [0.717, 1.165) is 11.1 Å². The predicted molar refractivity (Wildman–Crippen MR) is 107 cm³/mol. The number of benzene rings is 2. The maximum atomic E-state index is 13.2. The SMILES string of the molecule is C[C@H]1c2ccccc2N(OCc2ccccc2)C(=O)[C@H]1NC(=O)OC(C)(C)C. The molecule has 0 saturated heterocycles. The minimum atomic E-state index is -0.777. The molecule has 0 unspecified atom stereocenters. The first kappa shape index (κ1) is 19.9. The van der Waals surface area contributed by atoms with Crippen LogP contribution in [-0.2, 0) is 21.0 Å². The number of nitrogens with zero attached hydrogens (tertiary/aromatic N) is 1. The Kier molecular flexibility index (Phi) is 5.70. The van der Waals surface area contributed by atoms with Crippen LogP contribution >= 0.6 is 0 Å². The van der Waals surface area contributed by atoms with Crippen LogP contribution in [0, 0.1) is 0 Å². The number of alkyl carbamates (subject to hydrolysis) is 1. The number of carbonyl (C=O) groups is 2. The van der Waals surface area contributed by atoms with Gasteiger partial charge in [-0.05, 0) is 38.0 Å². The van der Waals surface area contributed by atoms with Crippen LogP contribution in [-0.4, -0.2) is 23.6 Å². The van der Waals surface area contributed by atoms with Gasteiger partial charge in [0, 0.05) is 5.92 Å². The highest BCUT2D eigenvalue weighted by molar-refractivity contribution is 6.00. The third-order valence-electron chi connectivity index (χ3n) is 4.49. The average molecular weight is 382 g/mol. The summed E-state index contributed by atoms with van der Waals surface area (Å²) in [4.78, 5) is 31.3. The Hall–Kier alpha value is -2.86. The standard InChI is InChI=1S/C22H26N2O4/c1-15-17-12-8-9-13-18(17)24(27-14-16-10-6-5-7-11-16)20(25)19(15)23-21(26)28-22(2,3)4/h5-13,15,19H,14H2,1-4H3,(H,23,26)/t15-,19-/m0/s1. The molecular formula is C22H26N2O4. The van der Waals surface area contributed by atoms with Crippen molar-refractivity contribution in [1.82, 2.24) is 5.32 Å². The van der Waals surface area contributed by atoms with Crippen molar-refractivity contribution in [2.24, 2.45) is 0 Å². The van der Waals surface area contributed by atoms with E-state index in [4.69, 9.17) is 9.57 Å². The number of hydroxylamine groups is 1. The van der Waals surface area contributed by atoms with Crippen LogP contribution in [0.2, 0.25) is 0 Å². The molecule has 1 N–H and O–H groups in total. The molecule has 1 heterocycles. The molecule has 28 heavy (non-hydrogen) atoms. The van der Waals surface area contributed by atoms with Gasteiger partial charge in [0.2, 0.25) is 0 Å². The van der Waals surface area contributed by atoms with Crippen LogP contribution < -0.4 is 10.4 Å². The first-order chi connectivity index (χ1) is 13.3. The second-order valence-corrected chi connectivity index (χ2v) is 7.86. The largest absolute Gasteiger partial charge is 0.444 e. The van der Waals surface area contributed by atoms with E-state index in [-0.39, 0.29) is 18.4 Å².